The van der Waals surface area contributed by atoms with Crippen molar-refractivity contribution in [1.29, 1.82) is 0 Å². The average Bonchev–Trinajstić information content (AvgIpc) is 2.38. The molecule has 0 radical (unpaired) electrons. The molecule has 2 unspecified atom stereocenters. The van der Waals surface area contributed by atoms with Crippen LogP contribution in [0, 0.1) is 12.8 Å². The van der Waals surface area contributed by atoms with Gasteiger partial charge >= 0.3 is 0 Å². The summed E-state index contributed by atoms with van der Waals surface area (Å²) in [6, 6.07) is 9.76. The van der Waals surface area contributed by atoms with Crippen molar-refractivity contribution in [2.24, 2.45) is 5.92 Å². The summed E-state index contributed by atoms with van der Waals surface area (Å²) in [7, 11) is 0. The molecule has 0 aromatic heterocycles. The molecule has 18 heavy (non-hydrogen) atoms. The molecule has 0 saturated heterocycles. The van der Waals surface area contributed by atoms with Crippen LogP contribution in [-0.2, 0) is 0 Å². The van der Waals surface area contributed by atoms with E-state index in [0.29, 0.717) is 12.1 Å². The van der Waals surface area contributed by atoms with Crippen molar-refractivity contribution < 1.29 is 0 Å². The van der Waals surface area contributed by atoms with Crippen LogP contribution in [0.1, 0.15) is 64.1 Å². The minimum Gasteiger partial charge on any atom is -0.307 e. The molecular weight excluding hydrogens is 218 g/mol. The predicted octanol–water partition coefficient (Wildman–Crippen LogP) is 4.86. The number of hydrogen-bond acceptors (Lipinski definition) is 1. The fourth-order valence-corrected chi connectivity index (χ4v) is 2.52. The monoisotopic (exact) mass is 247 g/mol. The molecule has 0 amide bonds. The lowest BCUT2D eigenvalue weighted by atomic mass is 9.95. The normalized spacial score (nSPS) is 16.3. The van der Waals surface area contributed by atoms with Crippen LogP contribution in [0.2, 0.25) is 0 Å². The number of benzene rings is 1. The van der Waals surface area contributed by atoms with E-state index in [-0.39, 0.29) is 0 Å². The maximum Gasteiger partial charge on any atom is 0.0296 e. The molecule has 1 heteroatoms. The highest BCUT2D eigenvalue weighted by Crippen LogP contribution is 2.20. The zero-order valence-electron chi connectivity index (χ0n) is 12.7. The molecule has 1 nitrogen and oxygen atoms in total. The van der Waals surface area contributed by atoms with E-state index in [1.54, 1.807) is 0 Å². The van der Waals surface area contributed by atoms with Crippen molar-refractivity contribution in [1.82, 2.24) is 5.32 Å². The molecule has 1 N–H and O–H groups in total. The predicted molar refractivity (Wildman–Crippen MR) is 80.9 cm³/mol. The topological polar surface area (TPSA) is 12.0 Å². The standard InChI is InChI=1S/C17H29N/c1-6-13(3)12-16(7-2)18-15(5)17-11-9-8-10-14(17)4/h8-11,13,15-16,18H,6-7,12H2,1-5H3/t13?,15-,16?/m0/s1. The van der Waals surface area contributed by atoms with Gasteiger partial charge in [-0.1, -0.05) is 51.5 Å². The molecule has 0 heterocycles. The molecule has 0 aliphatic rings. The van der Waals surface area contributed by atoms with Crippen molar-refractivity contribution >= 4 is 0 Å². The van der Waals surface area contributed by atoms with Gasteiger partial charge in [0.1, 0.15) is 0 Å². The minimum atomic E-state index is 0.445. The Kier molecular flexibility index (Phi) is 6.42. The molecule has 0 aliphatic heterocycles. The van der Waals surface area contributed by atoms with Gasteiger partial charge in [0.25, 0.3) is 0 Å². The highest BCUT2D eigenvalue weighted by atomic mass is 14.9. The molecule has 1 aromatic carbocycles. The summed E-state index contributed by atoms with van der Waals surface area (Å²) >= 11 is 0. The summed E-state index contributed by atoms with van der Waals surface area (Å²) in [5, 5.41) is 3.79. The third-order valence-corrected chi connectivity index (χ3v) is 4.02. The second-order valence-corrected chi connectivity index (χ2v) is 5.60. The van der Waals surface area contributed by atoms with Crippen LogP contribution in [0.5, 0.6) is 0 Å². The largest absolute Gasteiger partial charge is 0.307 e. The number of hydrogen-bond donors (Lipinski definition) is 1. The van der Waals surface area contributed by atoms with Crippen LogP contribution < -0.4 is 5.32 Å². The van der Waals surface area contributed by atoms with E-state index in [2.05, 4.69) is 64.2 Å². The second kappa shape index (κ2) is 7.58. The smallest absolute Gasteiger partial charge is 0.0296 e. The number of nitrogens with one attached hydrogen (secondary N) is 1. The minimum absolute atomic E-state index is 0.445. The molecule has 0 saturated carbocycles. The molecule has 1 aromatic rings. The van der Waals surface area contributed by atoms with Gasteiger partial charge in [-0.15, -0.1) is 0 Å². The maximum absolute atomic E-state index is 3.79. The van der Waals surface area contributed by atoms with E-state index in [1.165, 1.54) is 30.4 Å². The van der Waals surface area contributed by atoms with E-state index in [1.807, 2.05) is 0 Å². The van der Waals surface area contributed by atoms with Gasteiger partial charge in [0.2, 0.25) is 0 Å². The van der Waals surface area contributed by atoms with E-state index in [4.69, 9.17) is 0 Å². The summed E-state index contributed by atoms with van der Waals surface area (Å²) in [4.78, 5) is 0. The average molecular weight is 247 g/mol. The van der Waals surface area contributed by atoms with Crippen molar-refractivity contribution in [2.75, 3.05) is 0 Å². The summed E-state index contributed by atoms with van der Waals surface area (Å²) in [5.74, 6) is 0.812. The molecule has 0 fully saturated rings. The zero-order chi connectivity index (χ0) is 13.5. The lowest BCUT2D eigenvalue weighted by Crippen LogP contribution is -2.32. The van der Waals surface area contributed by atoms with Gasteiger partial charge in [-0.25, -0.2) is 0 Å². The van der Waals surface area contributed by atoms with Gasteiger partial charge in [0, 0.05) is 12.1 Å². The Morgan fingerprint density at radius 1 is 1.06 bits per heavy atom. The van der Waals surface area contributed by atoms with Crippen LogP contribution >= 0.6 is 0 Å². The molecular formula is C17H29N. The van der Waals surface area contributed by atoms with Gasteiger partial charge in [-0.05, 0) is 43.7 Å². The lowest BCUT2D eigenvalue weighted by molar-refractivity contribution is 0.358. The first kappa shape index (κ1) is 15.2. The summed E-state index contributed by atoms with van der Waals surface area (Å²) in [6.45, 7) is 11.4. The Morgan fingerprint density at radius 2 is 1.72 bits per heavy atom. The van der Waals surface area contributed by atoms with E-state index in [0.717, 1.165) is 5.92 Å². The summed E-state index contributed by atoms with van der Waals surface area (Å²) in [6.07, 6.45) is 3.76. The first-order valence-corrected chi connectivity index (χ1v) is 7.40. The van der Waals surface area contributed by atoms with Crippen LogP contribution in [0.3, 0.4) is 0 Å². The van der Waals surface area contributed by atoms with Gasteiger partial charge in [-0.3, -0.25) is 0 Å². The van der Waals surface area contributed by atoms with E-state index < -0.39 is 0 Å². The number of aryl methyl sites for hydroxylation is 1. The van der Waals surface area contributed by atoms with Crippen molar-refractivity contribution in [2.45, 2.75) is 66.0 Å². The Bertz CT molecular complexity index is 345. The number of rotatable bonds is 7. The molecule has 0 aliphatic carbocycles. The van der Waals surface area contributed by atoms with Crippen molar-refractivity contribution in [3.05, 3.63) is 35.4 Å². The third kappa shape index (κ3) is 4.45. The van der Waals surface area contributed by atoms with Gasteiger partial charge in [-0.2, -0.15) is 0 Å². The first-order chi connectivity index (χ1) is 8.58. The quantitative estimate of drug-likeness (QED) is 0.725. The van der Waals surface area contributed by atoms with Gasteiger partial charge in [0.05, 0.1) is 0 Å². The Labute approximate surface area is 113 Å². The van der Waals surface area contributed by atoms with E-state index in [9.17, 15) is 0 Å². The van der Waals surface area contributed by atoms with Crippen LogP contribution in [-0.4, -0.2) is 6.04 Å². The molecule has 3 atom stereocenters. The molecule has 102 valence electrons. The van der Waals surface area contributed by atoms with Crippen molar-refractivity contribution in [3.63, 3.8) is 0 Å². The molecule has 1 rings (SSSR count). The highest BCUT2D eigenvalue weighted by Gasteiger charge is 2.15. The summed E-state index contributed by atoms with van der Waals surface area (Å²) < 4.78 is 0. The van der Waals surface area contributed by atoms with Crippen LogP contribution in [0.4, 0.5) is 0 Å². The van der Waals surface area contributed by atoms with Gasteiger partial charge < -0.3 is 5.32 Å². The Hall–Kier alpha value is -0.820. The SMILES string of the molecule is CCC(C)CC(CC)N[C@@H](C)c1ccccc1C. The van der Waals surface area contributed by atoms with Gasteiger partial charge in [0.15, 0.2) is 0 Å². The Balaban J connectivity index is 2.62. The fourth-order valence-electron chi connectivity index (χ4n) is 2.52. The third-order valence-electron chi connectivity index (χ3n) is 4.02. The fraction of sp³-hybridized carbons (Fsp3) is 0.647. The first-order valence-electron chi connectivity index (χ1n) is 7.40. The Morgan fingerprint density at radius 3 is 2.28 bits per heavy atom. The zero-order valence-corrected chi connectivity index (χ0v) is 12.7. The van der Waals surface area contributed by atoms with Crippen molar-refractivity contribution in [3.8, 4) is 0 Å². The lowest BCUT2D eigenvalue weighted by Gasteiger charge is -2.25. The van der Waals surface area contributed by atoms with Crippen LogP contribution in [0.15, 0.2) is 24.3 Å². The highest BCUT2D eigenvalue weighted by molar-refractivity contribution is 5.28. The second-order valence-electron chi connectivity index (χ2n) is 5.60. The van der Waals surface area contributed by atoms with E-state index >= 15 is 0 Å². The molecule has 0 spiro atoms. The molecule has 0 bridgehead atoms. The van der Waals surface area contributed by atoms with Crippen LogP contribution in [0.25, 0.3) is 0 Å². The maximum atomic E-state index is 3.79. The summed E-state index contributed by atoms with van der Waals surface area (Å²) in [5.41, 5.74) is 2.82.